The zero-order chi connectivity index (χ0) is 14.5. The third-order valence-corrected chi connectivity index (χ3v) is 3.15. The highest BCUT2D eigenvalue weighted by Gasteiger charge is 2.04. The van der Waals surface area contributed by atoms with E-state index in [0.717, 1.165) is 12.8 Å². The van der Waals surface area contributed by atoms with Gasteiger partial charge in [-0.3, -0.25) is 9.78 Å². The van der Waals surface area contributed by atoms with Crippen molar-refractivity contribution in [3.05, 3.63) is 64.6 Å². The number of aryl methyl sites for hydroxylation is 1. The molecule has 0 bridgehead atoms. The van der Waals surface area contributed by atoms with Crippen molar-refractivity contribution in [2.45, 2.75) is 12.8 Å². The molecule has 0 aliphatic carbocycles. The minimum absolute atomic E-state index is 0.222. The van der Waals surface area contributed by atoms with Crippen molar-refractivity contribution in [1.82, 2.24) is 15.0 Å². The van der Waals surface area contributed by atoms with Crippen LogP contribution in [0.1, 0.15) is 12.0 Å². The first-order chi connectivity index (χ1) is 10.3. The van der Waals surface area contributed by atoms with Crippen LogP contribution in [0, 0.1) is 0 Å². The van der Waals surface area contributed by atoms with Gasteiger partial charge in [0.25, 0.3) is 11.6 Å². The Balaban J connectivity index is 1.62. The van der Waals surface area contributed by atoms with E-state index in [0.29, 0.717) is 17.6 Å². The summed E-state index contributed by atoms with van der Waals surface area (Å²) >= 11 is 0. The average Bonchev–Trinajstić information content (AvgIpc) is 2.53. The van der Waals surface area contributed by atoms with Crippen LogP contribution in [0.3, 0.4) is 0 Å². The molecule has 5 nitrogen and oxygen atoms in total. The van der Waals surface area contributed by atoms with Crippen molar-refractivity contribution in [3.8, 4) is 6.01 Å². The maximum absolute atomic E-state index is 11.8. The average molecular weight is 281 g/mol. The van der Waals surface area contributed by atoms with Gasteiger partial charge in [-0.05, 0) is 30.5 Å². The van der Waals surface area contributed by atoms with Crippen molar-refractivity contribution in [1.29, 1.82) is 0 Å². The molecule has 0 aliphatic rings. The summed E-state index contributed by atoms with van der Waals surface area (Å²) in [5, 5.41) is 0.467. The summed E-state index contributed by atoms with van der Waals surface area (Å²) in [5.74, 6) is 0. The molecule has 0 fully saturated rings. The van der Waals surface area contributed by atoms with Crippen LogP contribution >= 0.6 is 0 Å². The number of pyridine rings is 1. The van der Waals surface area contributed by atoms with Crippen LogP contribution in [0.5, 0.6) is 6.01 Å². The van der Waals surface area contributed by atoms with E-state index in [9.17, 15) is 4.79 Å². The summed E-state index contributed by atoms with van der Waals surface area (Å²) in [6.07, 6.45) is 3.39. The second-order valence-electron chi connectivity index (χ2n) is 4.68. The Morgan fingerprint density at radius 3 is 2.81 bits per heavy atom. The maximum atomic E-state index is 11.8. The van der Waals surface area contributed by atoms with E-state index >= 15 is 0 Å². The lowest BCUT2D eigenvalue weighted by Gasteiger charge is -2.05. The van der Waals surface area contributed by atoms with Gasteiger partial charge in [-0.15, -0.1) is 0 Å². The molecule has 0 atom stereocenters. The zero-order valence-corrected chi connectivity index (χ0v) is 11.5. The van der Waals surface area contributed by atoms with Crippen molar-refractivity contribution >= 4 is 11.0 Å². The molecule has 5 heteroatoms. The highest BCUT2D eigenvalue weighted by Crippen LogP contribution is 2.08. The fourth-order valence-electron chi connectivity index (χ4n) is 2.11. The van der Waals surface area contributed by atoms with Crippen LogP contribution in [0.25, 0.3) is 11.0 Å². The predicted molar refractivity (Wildman–Crippen MR) is 80.4 cm³/mol. The van der Waals surface area contributed by atoms with Gasteiger partial charge in [-0.1, -0.05) is 30.3 Å². The molecule has 3 rings (SSSR count). The van der Waals surface area contributed by atoms with Gasteiger partial charge in [-0.2, -0.15) is 4.98 Å². The van der Waals surface area contributed by atoms with Crippen molar-refractivity contribution < 1.29 is 4.74 Å². The highest BCUT2D eigenvalue weighted by atomic mass is 16.5. The van der Waals surface area contributed by atoms with Gasteiger partial charge in [0, 0.05) is 6.20 Å². The summed E-state index contributed by atoms with van der Waals surface area (Å²) in [5.41, 5.74) is 1.44. The molecule has 21 heavy (non-hydrogen) atoms. The number of H-pyrrole nitrogens is 1. The topological polar surface area (TPSA) is 67.9 Å². The summed E-state index contributed by atoms with van der Waals surface area (Å²) < 4.78 is 5.51. The van der Waals surface area contributed by atoms with Gasteiger partial charge in [0.05, 0.1) is 12.0 Å². The summed E-state index contributed by atoms with van der Waals surface area (Å²) in [7, 11) is 0. The molecular weight excluding hydrogens is 266 g/mol. The Hall–Kier alpha value is -2.69. The molecule has 0 radical (unpaired) electrons. The Kier molecular flexibility index (Phi) is 3.91. The number of ether oxygens (including phenoxy) is 1. The van der Waals surface area contributed by atoms with E-state index in [2.05, 4.69) is 27.1 Å². The second-order valence-corrected chi connectivity index (χ2v) is 4.68. The van der Waals surface area contributed by atoms with Gasteiger partial charge in [0.15, 0.2) is 5.65 Å². The van der Waals surface area contributed by atoms with Gasteiger partial charge in [0.1, 0.15) is 0 Å². The van der Waals surface area contributed by atoms with E-state index in [1.807, 2.05) is 18.2 Å². The smallest absolute Gasteiger partial charge is 0.298 e. The SMILES string of the molecule is O=c1[nH]c(OCCCc2ccccc2)nc2ncccc12. The quantitative estimate of drug-likeness (QED) is 0.729. The molecule has 0 spiro atoms. The Morgan fingerprint density at radius 2 is 1.95 bits per heavy atom. The molecule has 2 heterocycles. The third kappa shape index (κ3) is 3.25. The molecule has 106 valence electrons. The number of benzene rings is 1. The predicted octanol–water partition coefficient (Wildman–Crippen LogP) is 2.33. The van der Waals surface area contributed by atoms with E-state index in [-0.39, 0.29) is 11.6 Å². The first kappa shape index (κ1) is 13.3. The molecule has 0 saturated carbocycles. The lowest BCUT2D eigenvalue weighted by molar-refractivity contribution is 0.287. The molecule has 0 amide bonds. The van der Waals surface area contributed by atoms with Gasteiger partial charge < -0.3 is 4.74 Å². The number of aromatic nitrogens is 3. The monoisotopic (exact) mass is 281 g/mol. The normalized spacial score (nSPS) is 10.7. The standard InChI is InChI=1S/C16H15N3O2/c20-15-13-9-4-10-17-14(13)18-16(19-15)21-11-5-8-12-6-2-1-3-7-12/h1-4,6-7,9-10H,5,8,11H2,(H,17,18,19,20). The van der Waals surface area contributed by atoms with Crippen LogP contribution in [0.2, 0.25) is 0 Å². The Bertz CT molecular complexity index is 784. The number of aromatic amines is 1. The molecule has 1 N–H and O–H groups in total. The van der Waals surface area contributed by atoms with E-state index in [1.54, 1.807) is 18.3 Å². The summed E-state index contributed by atoms with van der Waals surface area (Å²) in [6, 6.07) is 13.8. The minimum Gasteiger partial charge on any atom is -0.465 e. The van der Waals surface area contributed by atoms with E-state index < -0.39 is 0 Å². The fraction of sp³-hybridized carbons (Fsp3) is 0.188. The largest absolute Gasteiger partial charge is 0.465 e. The first-order valence-corrected chi connectivity index (χ1v) is 6.85. The van der Waals surface area contributed by atoms with Crippen molar-refractivity contribution in [2.75, 3.05) is 6.61 Å². The number of hydrogen-bond acceptors (Lipinski definition) is 4. The number of fused-ring (bicyclic) bond motifs is 1. The van der Waals surface area contributed by atoms with E-state index in [4.69, 9.17) is 4.74 Å². The maximum Gasteiger partial charge on any atom is 0.298 e. The molecule has 3 aromatic rings. The molecule has 0 aliphatic heterocycles. The molecule has 0 unspecified atom stereocenters. The number of nitrogens with one attached hydrogen (secondary N) is 1. The number of nitrogens with zero attached hydrogens (tertiary/aromatic N) is 2. The fourth-order valence-corrected chi connectivity index (χ4v) is 2.11. The second kappa shape index (κ2) is 6.17. The molecule has 1 aromatic carbocycles. The van der Waals surface area contributed by atoms with Crippen LogP contribution < -0.4 is 10.3 Å². The van der Waals surface area contributed by atoms with Gasteiger partial charge in [0.2, 0.25) is 0 Å². The van der Waals surface area contributed by atoms with Gasteiger partial charge in [-0.25, -0.2) is 4.98 Å². The Morgan fingerprint density at radius 1 is 1.10 bits per heavy atom. The first-order valence-electron chi connectivity index (χ1n) is 6.85. The third-order valence-electron chi connectivity index (χ3n) is 3.15. The van der Waals surface area contributed by atoms with Crippen LogP contribution in [0.4, 0.5) is 0 Å². The number of hydrogen-bond donors (Lipinski definition) is 1. The number of rotatable bonds is 5. The summed E-state index contributed by atoms with van der Waals surface area (Å²) in [6.45, 7) is 0.496. The van der Waals surface area contributed by atoms with Crippen molar-refractivity contribution in [3.63, 3.8) is 0 Å². The Labute approximate surface area is 121 Å². The zero-order valence-electron chi connectivity index (χ0n) is 11.5. The van der Waals surface area contributed by atoms with Crippen LogP contribution in [0.15, 0.2) is 53.5 Å². The van der Waals surface area contributed by atoms with Crippen LogP contribution in [-0.4, -0.2) is 21.6 Å². The lowest BCUT2D eigenvalue weighted by atomic mass is 10.1. The molecular formula is C16H15N3O2. The minimum atomic E-state index is -0.230. The highest BCUT2D eigenvalue weighted by molar-refractivity contribution is 5.72. The molecule has 2 aromatic heterocycles. The van der Waals surface area contributed by atoms with Crippen LogP contribution in [-0.2, 0) is 6.42 Å². The van der Waals surface area contributed by atoms with Crippen molar-refractivity contribution in [2.24, 2.45) is 0 Å². The molecule has 0 saturated heterocycles. The van der Waals surface area contributed by atoms with Gasteiger partial charge >= 0.3 is 0 Å². The van der Waals surface area contributed by atoms with E-state index in [1.165, 1.54) is 5.56 Å². The summed E-state index contributed by atoms with van der Waals surface area (Å²) in [4.78, 5) is 22.7. The lowest BCUT2D eigenvalue weighted by Crippen LogP contribution is -2.12.